The molecular weight excluding hydrogens is 318 g/mol. The Kier molecular flexibility index (Phi) is 4.20. The van der Waals surface area contributed by atoms with Crippen LogP contribution in [0.5, 0.6) is 5.88 Å². The van der Waals surface area contributed by atoms with Crippen molar-refractivity contribution in [3.8, 4) is 5.88 Å². The highest BCUT2D eigenvalue weighted by Crippen LogP contribution is 2.22. The van der Waals surface area contributed by atoms with E-state index in [9.17, 15) is 4.79 Å². The van der Waals surface area contributed by atoms with Gasteiger partial charge in [-0.15, -0.1) is 0 Å². The summed E-state index contributed by atoms with van der Waals surface area (Å²) in [6.07, 6.45) is 5.32. The molecule has 0 saturated heterocycles. The molecule has 3 heterocycles. The molecule has 0 aliphatic carbocycles. The summed E-state index contributed by atoms with van der Waals surface area (Å²) in [5.74, 6) is 0.550. The first-order chi connectivity index (χ1) is 11.1. The van der Waals surface area contributed by atoms with E-state index in [4.69, 9.17) is 16.3 Å². The van der Waals surface area contributed by atoms with Gasteiger partial charge in [0.15, 0.2) is 11.9 Å². The van der Waals surface area contributed by atoms with Gasteiger partial charge in [0.25, 0.3) is 0 Å². The molecule has 0 saturated carbocycles. The lowest BCUT2D eigenvalue weighted by Gasteiger charge is -2.10. The van der Waals surface area contributed by atoms with Crippen molar-refractivity contribution in [2.75, 3.05) is 6.61 Å². The van der Waals surface area contributed by atoms with E-state index in [1.807, 2.05) is 13.8 Å². The van der Waals surface area contributed by atoms with E-state index in [1.165, 1.54) is 12.5 Å². The first kappa shape index (κ1) is 15.4. The molecule has 3 aromatic rings. The van der Waals surface area contributed by atoms with Crippen LogP contribution in [0.2, 0.25) is 5.15 Å². The summed E-state index contributed by atoms with van der Waals surface area (Å²) in [5.41, 5.74) is 3.14. The van der Waals surface area contributed by atoms with Crippen LogP contribution in [-0.4, -0.2) is 37.4 Å². The van der Waals surface area contributed by atoms with Gasteiger partial charge in [0.05, 0.1) is 30.6 Å². The maximum atomic E-state index is 11.2. The fourth-order valence-electron chi connectivity index (χ4n) is 2.33. The Bertz CT molecular complexity index is 878. The van der Waals surface area contributed by atoms with E-state index in [0.29, 0.717) is 35.8 Å². The number of carbonyl (C=O) groups excluding carboxylic acids is 1. The molecule has 0 aliphatic rings. The van der Waals surface area contributed by atoms with Crippen molar-refractivity contribution < 1.29 is 9.53 Å². The highest BCUT2D eigenvalue weighted by atomic mass is 35.5. The molecule has 0 atom stereocenters. The number of rotatable bonds is 5. The molecule has 0 fully saturated rings. The summed E-state index contributed by atoms with van der Waals surface area (Å²) in [6, 6.07) is 0. The van der Waals surface area contributed by atoms with Crippen molar-refractivity contribution in [1.29, 1.82) is 0 Å². The first-order valence-electron chi connectivity index (χ1n) is 7.03. The minimum Gasteiger partial charge on any atom is -0.478 e. The number of fused-ring (bicyclic) bond motifs is 1. The SMILES string of the molecule is CCOc1ncnc(Cn2cc(C=O)c3ncc(Cl)nc32)c1C. The van der Waals surface area contributed by atoms with E-state index in [0.717, 1.165) is 17.5 Å². The topological polar surface area (TPSA) is 82.8 Å². The van der Waals surface area contributed by atoms with Gasteiger partial charge in [0.2, 0.25) is 5.88 Å². The number of aldehydes is 1. The van der Waals surface area contributed by atoms with Crippen LogP contribution in [0.3, 0.4) is 0 Å². The van der Waals surface area contributed by atoms with Crippen molar-refractivity contribution >= 4 is 29.1 Å². The zero-order valence-electron chi connectivity index (χ0n) is 12.7. The van der Waals surface area contributed by atoms with Crippen LogP contribution in [0, 0.1) is 6.92 Å². The Hall–Kier alpha value is -2.54. The van der Waals surface area contributed by atoms with E-state index >= 15 is 0 Å². The molecule has 0 spiro atoms. The number of hydrogen-bond acceptors (Lipinski definition) is 6. The molecule has 0 aromatic carbocycles. The first-order valence-corrected chi connectivity index (χ1v) is 7.41. The van der Waals surface area contributed by atoms with E-state index < -0.39 is 0 Å². The Morgan fingerprint density at radius 2 is 2.17 bits per heavy atom. The van der Waals surface area contributed by atoms with Crippen LogP contribution in [0.15, 0.2) is 18.7 Å². The lowest BCUT2D eigenvalue weighted by Crippen LogP contribution is -2.07. The van der Waals surface area contributed by atoms with E-state index in [2.05, 4.69) is 19.9 Å². The third-order valence-electron chi connectivity index (χ3n) is 3.44. The van der Waals surface area contributed by atoms with Crippen molar-refractivity contribution in [2.24, 2.45) is 0 Å². The highest BCUT2D eigenvalue weighted by Gasteiger charge is 2.14. The van der Waals surface area contributed by atoms with Crippen LogP contribution in [0.4, 0.5) is 0 Å². The minimum absolute atomic E-state index is 0.267. The van der Waals surface area contributed by atoms with Crippen LogP contribution in [0.1, 0.15) is 28.5 Å². The molecule has 7 nitrogen and oxygen atoms in total. The molecule has 3 rings (SSSR count). The van der Waals surface area contributed by atoms with Gasteiger partial charge in [-0.25, -0.2) is 19.9 Å². The van der Waals surface area contributed by atoms with Crippen molar-refractivity contribution in [1.82, 2.24) is 24.5 Å². The number of halogens is 1. The maximum Gasteiger partial charge on any atom is 0.219 e. The third-order valence-corrected chi connectivity index (χ3v) is 3.62. The molecular formula is C15H14ClN5O2. The van der Waals surface area contributed by atoms with Gasteiger partial charge in [-0.05, 0) is 13.8 Å². The smallest absolute Gasteiger partial charge is 0.219 e. The quantitative estimate of drug-likeness (QED) is 0.668. The van der Waals surface area contributed by atoms with E-state index in [-0.39, 0.29) is 5.15 Å². The summed E-state index contributed by atoms with van der Waals surface area (Å²) >= 11 is 5.92. The summed E-state index contributed by atoms with van der Waals surface area (Å²) in [6.45, 7) is 4.73. The second kappa shape index (κ2) is 6.29. The Morgan fingerprint density at radius 3 is 2.91 bits per heavy atom. The minimum atomic E-state index is 0.267. The predicted octanol–water partition coefficient (Wildman–Crippen LogP) is 2.44. The van der Waals surface area contributed by atoms with Crippen LogP contribution < -0.4 is 4.74 Å². The Balaban J connectivity index is 2.07. The molecule has 0 radical (unpaired) electrons. The summed E-state index contributed by atoms with van der Waals surface area (Å²) < 4.78 is 7.28. The van der Waals surface area contributed by atoms with Gasteiger partial charge in [-0.3, -0.25) is 4.79 Å². The largest absolute Gasteiger partial charge is 0.478 e. The lowest BCUT2D eigenvalue weighted by molar-refractivity contribution is 0.112. The summed E-state index contributed by atoms with van der Waals surface area (Å²) in [5, 5.41) is 0.267. The molecule has 3 aromatic heterocycles. The van der Waals surface area contributed by atoms with Gasteiger partial charge in [0, 0.05) is 11.8 Å². The second-order valence-corrected chi connectivity index (χ2v) is 5.27. The highest BCUT2D eigenvalue weighted by molar-refractivity contribution is 6.29. The molecule has 0 bridgehead atoms. The Labute approximate surface area is 137 Å². The second-order valence-electron chi connectivity index (χ2n) is 4.88. The van der Waals surface area contributed by atoms with Gasteiger partial charge >= 0.3 is 0 Å². The molecule has 0 aliphatic heterocycles. The number of hydrogen-bond donors (Lipinski definition) is 0. The number of aromatic nitrogens is 5. The van der Waals surface area contributed by atoms with Crippen molar-refractivity contribution in [2.45, 2.75) is 20.4 Å². The lowest BCUT2D eigenvalue weighted by atomic mass is 10.2. The number of carbonyl (C=O) groups is 1. The molecule has 0 amide bonds. The average molecular weight is 332 g/mol. The van der Waals surface area contributed by atoms with Gasteiger partial charge in [-0.2, -0.15) is 0 Å². The van der Waals surface area contributed by atoms with Crippen LogP contribution in [0.25, 0.3) is 11.2 Å². The van der Waals surface area contributed by atoms with Crippen LogP contribution in [-0.2, 0) is 6.54 Å². The third kappa shape index (κ3) is 2.87. The zero-order valence-corrected chi connectivity index (χ0v) is 13.4. The average Bonchev–Trinajstić information content (AvgIpc) is 2.88. The van der Waals surface area contributed by atoms with Gasteiger partial charge < -0.3 is 9.30 Å². The molecule has 0 N–H and O–H groups in total. The molecule has 23 heavy (non-hydrogen) atoms. The van der Waals surface area contributed by atoms with Crippen LogP contribution >= 0.6 is 11.6 Å². The monoisotopic (exact) mass is 331 g/mol. The normalized spacial score (nSPS) is 10.9. The maximum absolute atomic E-state index is 11.2. The number of nitrogens with zero attached hydrogens (tertiary/aromatic N) is 5. The molecule has 8 heteroatoms. The van der Waals surface area contributed by atoms with Crippen molar-refractivity contribution in [3.05, 3.63) is 40.7 Å². The fraction of sp³-hybridized carbons (Fsp3) is 0.267. The number of ether oxygens (including phenoxy) is 1. The van der Waals surface area contributed by atoms with E-state index in [1.54, 1.807) is 10.8 Å². The van der Waals surface area contributed by atoms with Gasteiger partial charge in [0.1, 0.15) is 17.0 Å². The predicted molar refractivity (Wildman–Crippen MR) is 85.0 cm³/mol. The Morgan fingerprint density at radius 1 is 1.35 bits per heavy atom. The summed E-state index contributed by atoms with van der Waals surface area (Å²) in [7, 11) is 0. The fourth-order valence-corrected chi connectivity index (χ4v) is 2.46. The van der Waals surface area contributed by atoms with Gasteiger partial charge in [-0.1, -0.05) is 11.6 Å². The summed E-state index contributed by atoms with van der Waals surface area (Å²) in [4.78, 5) is 28.1. The van der Waals surface area contributed by atoms with Crippen molar-refractivity contribution in [3.63, 3.8) is 0 Å². The standard InChI is InChI=1S/C15H14ClN5O2/c1-3-23-15-9(2)11(18-8-19-15)6-21-5-10(7-22)13-14(21)20-12(16)4-17-13/h4-5,7-8H,3,6H2,1-2H3. The zero-order chi connectivity index (χ0) is 16.4. The molecule has 0 unspecified atom stereocenters. The molecule has 118 valence electrons.